The van der Waals surface area contributed by atoms with Gasteiger partial charge in [0, 0.05) is 11.3 Å². The maximum absolute atomic E-state index is 12.8. The van der Waals surface area contributed by atoms with Crippen LogP contribution in [0.25, 0.3) is 22.4 Å². The third-order valence-electron chi connectivity index (χ3n) is 4.46. The van der Waals surface area contributed by atoms with E-state index in [2.05, 4.69) is 15.3 Å². The molecule has 28 heavy (non-hydrogen) atoms. The van der Waals surface area contributed by atoms with Crippen LogP contribution in [-0.2, 0) is 0 Å². The molecule has 0 bridgehead atoms. The molecule has 0 atom stereocenters. The Morgan fingerprint density at radius 3 is 2.21 bits per heavy atom. The number of methoxy groups -OCH3 is 2. The first-order chi connectivity index (χ1) is 13.7. The number of fused-ring (bicyclic) bond motifs is 1. The number of amides is 1. The molecule has 6 nitrogen and oxygen atoms in total. The average molecular weight is 373 g/mol. The van der Waals surface area contributed by atoms with E-state index < -0.39 is 0 Å². The molecule has 0 aliphatic heterocycles. The molecule has 4 rings (SSSR count). The Bertz CT molecular complexity index is 1080. The second kappa shape index (κ2) is 7.44. The molecule has 0 spiro atoms. The maximum atomic E-state index is 12.8. The highest BCUT2D eigenvalue weighted by Gasteiger charge is 2.18. The number of hydrogen-bond acceptors (Lipinski definition) is 4. The first-order valence-corrected chi connectivity index (χ1v) is 8.77. The van der Waals surface area contributed by atoms with Gasteiger partial charge in [-0.15, -0.1) is 0 Å². The summed E-state index contributed by atoms with van der Waals surface area (Å²) in [6.45, 7) is 0. The van der Waals surface area contributed by atoms with Crippen LogP contribution in [0.3, 0.4) is 0 Å². The normalized spacial score (nSPS) is 10.6. The number of H-pyrrole nitrogens is 1. The number of benzene rings is 3. The van der Waals surface area contributed by atoms with Crippen molar-refractivity contribution in [1.29, 1.82) is 0 Å². The van der Waals surface area contributed by atoms with Crippen molar-refractivity contribution in [1.82, 2.24) is 9.97 Å². The number of anilines is 1. The van der Waals surface area contributed by atoms with Crippen molar-refractivity contribution in [2.45, 2.75) is 0 Å². The molecular weight excluding hydrogens is 354 g/mol. The minimum Gasteiger partial charge on any atom is -0.496 e. The van der Waals surface area contributed by atoms with Crippen LogP contribution in [0, 0.1) is 0 Å². The van der Waals surface area contributed by atoms with Crippen LogP contribution in [0.15, 0.2) is 66.7 Å². The van der Waals surface area contributed by atoms with Crippen molar-refractivity contribution < 1.29 is 14.3 Å². The van der Waals surface area contributed by atoms with Gasteiger partial charge in [-0.1, -0.05) is 18.2 Å². The smallest absolute Gasteiger partial charge is 0.263 e. The first kappa shape index (κ1) is 17.6. The second-order valence-corrected chi connectivity index (χ2v) is 6.17. The summed E-state index contributed by atoms with van der Waals surface area (Å²) in [6, 6.07) is 20.6. The van der Waals surface area contributed by atoms with E-state index in [1.165, 1.54) is 14.2 Å². The van der Waals surface area contributed by atoms with Gasteiger partial charge in [0.15, 0.2) is 0 Å². The van der Waals surface area contributed by atoms with E-state index in [1.54, 1.807) is 18.2 Å². The molecule has 0 fully saturated rings. The highest BCUT2D eigenvalue weighted by Crippen LogP contribution is 2.29. The van der Waals surface area contributed by atoms with E-state index in [4.69, 9.17) is 9.47 Å². The molecule has 1 aromatic heterocycles. The van der Waals surface area contributed by atoms with Crippen molar-refractivity contribution in [2.24, 2.45) is 0 Å². The van der Waals surface area contributed by atoms with Gasteiger partial charge in [-0.3, -0.25) is 4.79 Å². The van der Waals surface area contributed by atoms with Crippen LogP contribution in [0.1, 0.15) is 10.4 Å². The number of nitrogens with zero attached hydrogens (tertiary/aromatic N) is 1. The van der Waals surface area contributed by atoms with Gasteiger partial charge < -0.3 is 19.8 Å². The van der Waals surface area contributed by atoms with E-state index in [9.17, 15) is 4.79 Å². The van der Waals surface area contributed by atoms with Crippen molar-refractivity contribution >= 4 is 22.6 Å². The molecule has 0 radical (unpaired) electrons. The number of aromatic nitrogens is 2. The topological polar surface area (TPSA) is 76.2 Å². The summed E-state index contributed by atoms with van der Waals surface area (Å²) < 4.78 is 10.6. The minimum absolute atomic E-state index is 0.300. The first-order valence-electron chi connectivity index (χ1n) is 8.77. The van der Waals surface area contributed by atoms with Gasteiger partial charge >= 0.3 is 0 Å². The zero-order valence-corrected chi connectivity index (χ0v) is 15.5. The summed E-state index contributed by atoms with van der Waals surface area (Å²) in [5.41, 5.74) is 3.85. The number of nitrogens with one attached hydrogen (secondary N) is 2. The summed E-state index contributed by atoms with van der Waals surface area (Å²) in [5, 5.41) is 2.88. The predicted octanol–water partition coefficient (Wildman–Crippen LogP) is 4.50. The number of carbonyl (C=O) groups is 1. The fraction of sp³-hybridized carbons (Fsp3) is 0.0909. The van der Waals surface area contributed by atoms with E-state index >= 15 is 0 Å². The Morgan fingerprint density at radius 1 is 0.893 bits per heavy atom. The molecule has 2 N–H and O–H groups in total. The summed E-state index contributed by atoms with van der Waals surface area (Å²) >= 11 is 0. The lowest BCUT2D eigenvalue weighted by atomic mass is 10.1. The molecule has 3 aromatic carbocycles. The molecule has 4 aromatic rings. The van der Waals surface area contributed by atoms with E-state index in [1.807, 2.05) is 48.5 Å². The fourth-order valence-corrected chi connectivity index (χ4v) is 3.07. The van der Waals surface area contributed by atoms with E-state index in [-0.39, 0.29) is 5.91 Å². The number of imidazole rings is 1. The maximum Gasteiger partial charge on any atom is 0.263 e. The van der Waals surface area contributed by atoms with Crippen molar-refractivity contribution in [2.75, 3.05) is 19.5 Å². The SMILES string of the molecule is COc1cccc(OC)c1C(=O)Nc1ccc(-c2nc3ccccc3[nH]2)cc1. The average Bonchev–Trinajstić information content (AvgIpc) is 3.17. The Morgan fingerprint density at radius 2 is 1.57 bits per heavy atom. The van der Waals surface area contributed by atoms with E-state index in [0.717, 1.165) is 22.4 Å². The largest absolute Gasteiger partial charge is 0.496 e. The number of aromatic amines is 1. The summed E-state index contributed by atoms with van der Waals surface area (Å²) in [4.78, 5) is 20.6. The molecule has 1 amide bonds. The lowest BCUT2D eigenvalue weighted by molar-refractivity contribution is 0.102. The van der Waals surface area contributed by atoms with Crippen molar-refractivity contribution in [3.8, 4) is 22.9 Å². The number of ether oxygens (including phenoxy) is 2. The Hall–Kier alpha value is -3.80. The highest BCUT2D eigenvalue weighted by molar-refractivity contribution is 6.08. The van der Waals surface area contributed by atoms with Gasteiger partial charge in [0.25, 0.3) is 5.91 Å². The number of rotatable bonds is 5. The number of hydrogen-bond donors (Lipinski definition) is 2. The van der Waals surface area contributed by atoms with Crippen LogP contribution < -0.4 is 14.8 Å². The summed E-state index contributed by atoms with van der Waals surface area (Å²) in [5.74, 6) is 1.39. The molecule has 0 saturated heterocycles. The van der Waals surface area contributed by atoms with Gasteiger partial charge in [0.2, 0.25) is 0 Å². The number of para-hydroxylation sites is 2. The van der Waals surface area contributed by atoms with Crippen LogP contribution >= 0.6 is 0 Å². The van der Waals surface area contributed by atoms with Gasteiger partial charge in [0.05, 0.1) is 25.3 Å². The zero-order chi connectivity index (χ0) is 19.5. The highest BCUT2D eigenvalue weighted by atomic mass is 16.5. The fourth-order valence-electron chi connectivity index (χ4n) is 3.07. The Kier molecular flexibility index (Phi) is 4.68. The van der Waals surface area contributed by atoms with Gasteiger partial charge in [-0.05, 0) is 48.5 Å². The third-order valence-corrected chi connectivity index (χ3v) is 4.46. The standard InChI is InChI=1S/C22H19N3O3/c1-27-18-8-5-9-19(28-2)20(18)22(26)23-15-12-10-14(11-13-15)21-24-16-6-3-4-7-17(16)25-21/h3-13H,1-2H3,(H,23,26)(H,24,25). The van der Waals surface area contributed by atoms with Crippen LogP contribution in [-0.4, -0.2) is 30.1 Å². The van der Waals surface area contributed by atoms with E-state index in [0.29, 0.717) is 22.7 Å². The molecular formula is C22H19N3O3. The predicted molar refractivity (Wildman–Crippen MR) is 109 cm³/mol. The Labute approximate surface area is 162 Å². The van der Waals surface area contributed by atoms with Crippen LogP contribution in [0.5, 0.6) is 11.5 Å². The van der Waals surface area contributed by atoms with Gasteiger partial charge in [-0.25, -0.2) is 4.98 Å². The lowest BCUT2D eigenvalue weighted by Gasteiger charge is -2.13. The van der Waals surface area contributed by atoms with Gasteiger partial charge in [-0.2, -0.15) is 0 Å². The lowest BCUT2D eigenvalue weighted by Crippen LogP contribution is -2.14. The van der Waals surface area contributed by atoms with Gasteiger partial charge in [0.1, 0.15) is 22.9 Å². The molecule has 0 saturated carbocycles. The molecule has 1 heterocycles. The summed E-state index contributed by atoms with van der Waals surface area (Å²) in [7, 11) is 3.04. The second-order valence-electron chi connectivity index (χ2n) is 6.17. The van der Waals surface area contributed by atoms with Crippen molar-refractivity contribution in [3.05, 3.63) is 72.3 Å². The molecule has 0 unspecified atom stereocenters. The third kappa shape index (κ3) is 3.27. The molecule has 6 heteroatoms. The molecule has 0 aliphatic rings. The monoisotopic (exact) mass is 373 g/mol. The molecule has 140 valence electrons. The van der Waals surface area contributed by atoms with Crippen LogP contribution in [0.2, 0.25) is 0 Å². The quantitative estimate of drug-likeness (QED) is 0.540. The van der Waals surface area contributed by atoms with Crippen LogP contribution in [0.4, 0.5) is 5.69 Å². The Balaban J connectivity index is 1.57. The van der Waals surface area contributed by atoms with Crippen molar-refractivity contribution in [3.63, 3.8) is 0 Å². The molecule has 0 aliphatic carbocycles. The number of carbonyl (C=O) groups excluding carboxylic acids is 1. The summed E-state index contributed by atoms with van der Waals surface area (Å²) in [6.07, 6.45) is 0. The minimum atomic E-state index is -0.300. The zero-order valence-electron chi connectivity index (χ0n) is 15.5.